The molecule has 0 bridgehead atoms. The number of ether oxygens (including phenoxy) is 1. The fourth-order valence-electron chi connectivity index (χ4n) is 2.46. The first-order valence-corrected chi connectivity index (χ1v) is 8.58. The summed E-state index contributed by atoms with van der Waals surface area (Å²) in [5.74, 6) is -1.06. The monoisotopic (exact) mass is 353 g/mol. The third-order valence-electron chi connectivity index (χ3n) is 3.77. The van der Waals surface area contributed by atoms with Gasteiger partial charge in [-0.2, -0.15) is 0 Å². The van der Waals surface area contributed by atoms with Gasteiger partial charge in [-0.25, -0.2) is 4.79 Å². The molecule has 2 aromatic rings. The number of rotatable bonds is 8. The van der Waals surface area contributed by atoms with E-state index in [-0.39, 0.29) is 24.2 Å². The number of ketones is 1. The second-order valence-corrected chi connectivity index (χ2v) is 6.42. The van der Waals surface area contributed by atoms with E-state index in [0.717, 1.165) is 0 Å². The molecule has 26 heavy (non-hydrogen) atoms. The van der Waals surface area contributed by atoms with E-state index in [0.29, 0.717) is 17.5 Å². The average molecular weight is 353 g/mol. The van der Waals surface area contributed by atoms with Crippen LogP contribution in [0.3, 0.4) is 0 Å². The van der Waals surface area contributed by atoms with Crippen LogP contribution in [-0.2, 0) is 9.53 Å². The van der Waals surface area contributed by atoms with Gasteiger partial charge in [-0.3, -0.25) is 9.59 Å². The molecule has 0 aliphatic heterocycles. The number of esters is 1. The van der Waals surface area contributed by atoms with Crippen LogP contribution in [0.2, 0.25) is 0 Å². The van der Waals surface area contributed by atoms with E-state index in [1.165, 1.54) is 0 Å². The van der Waals surface area contributed by atoms with Crippen LogP contribution in [0.4, 0.5) is 0 Å². The summed E-state index contributed by atoms with van der Waals surface area (Å²) >= 11 is 0. The molecule has 5 heteroatoms. The molecule has 0 heterocycles. The van der Waals surface area contributed by atoms with E-state index in [9.17, 15) is 14.4 Å². The van der Waals surface area contributed by atoms with Crippen molar-refractivity contribution in [3.05, 3.63) is 71.8 Å². The maximum absolute atomic E-state index is 12.4. The van der Waals surface area contributed by atoms with Crippen molar-refractivity contribution in [2.24, 2.45) is 5.92 Å². The number of hydrogen-bond acceptors (Lipinski definition) is 4. The van der Waals surface area contributed by atoms with Gasteiger partial charge < -0.3 is 10.1 Å². The molecular formula is C21H23NO4. The molecule has 0 spiro atoms. The fraction of sp³-hybridized carbons (Fsp3) is 0.286. The summed E-state index contributed by atoms with van der Waals surface area (Å²) in [7, 11) is 0. The van der Waals surface area contributed by atoms with Crippen LogP contribution >= 0.6 is 0 Å². The predicted octanol–water partition coefficient (Wildman–Crippen LogP) is 3.26. The molecule has 0 unspecified atom stereocenters. The van der Waals surface area contributed by atoms with Gasteiger partial charge in [0.25, 0.3) is 5.91 Å². The number of carbonyl (C=O) groups excluding carboxylic acids is 3. The first-order valence-electron chi connectivity index (χ1n) is 8.58. The molecule has 5 nitrogen and oxygen atoms in total. The highest BCUT2D eigenvalue weighted by atomic mass is 16.5. The third kappa shape index (κ3) is 5.84. The second kappa shape index (κ2) is 9.51. The number of amides is 1. The minimum absolute atomic E-state index is 0.174. The van der Waals surface area contributed by atoms with Crippen LogP contribution in [0.5, 0.6) is 0 Å². The van der Waals surface area contributed by atoms with Crippen molar-refractivity contribution in [1.82, 2.24) is 5.32 Å². The Kier molecular flexibility index (Phi) is 7.09. The molecule has 0 fully saturated rings. The third-order valence-corrected chi connectivity index (χ3v) is 3.77. The first kappa shape index (κ1) is 19.4. The number of benzene rings is 2. The summed E-state index contributed by atoms with van der Waals surface area (Å²) in [6, 6.07) is 16.5. The number of hydrogen-bond donors (Lipinski definition) is 1. The van der Waals surface area contributed by atoms with E-state index >= 15 is 0 Å². The lowest BCUT2D eigenvalue weighted by Crippen LogP contribution is -2.43. The van der Waals surface area contributed by atoms with E-state index < -0.39 is 12.0 Å². The van der Waals surface area contributed by atoms with E-state index in [4.69, 9.17) is 4.74 Å². The van der Waals surface area contributed by atoms with Crippen LogP contribution < -0.4 is 5.32 Å². The van der Waals surface area contributed by atoms with Crippen molar-refractivity contribution >= 4 is 17.7 Å². The zero-order valence-electron chi connectivity index (χ0n) is 15.0. The van der Waals surface area contributed by atoms with E-state index in [2.05, 4.69) is 5.32 Å². The standard InChI is InChI=1S/C21H23NO4/c1-15(2)13-18(22-20(24)17-11-7-4-8-12-17)21(25)26-14-19(23)16-9-5-3-6-10-16/h3-12,15,18H,13-14H2,1-2H3,(H,22,24)/t18-/m0/s1. The van der Waals surface area contributed by atoms with Crippen molar-refractivity contribution in [2.75, 3.05) is 6.61 Å². The molecule has 0 radical (unpaired) electrons. The second-order valence-electron chi connectivity index (χ2n) is 6.42. The first-order chi connectivity index (χ1) is 12.5. The lowest BCUT2D eigenvalue weighted by atomic mass is 10.0. The average Bonchev–Trinajstić information content (AvgIpc) is 2.66. The Balaban J connectivity index is 1.98. The number of nitrogens with one attached hydrogen (secondary N) is 1. The van der Waals surface area contributed by atoms with E-state index in [1.54, 1.807) is 54.6 Å². The fourth-order valence-corrected chi connectivity index (χ4v) is 2.46. The summed E-state index contributed by atoms with van der Waals surface area (Å²) in [5, 5.41) is 2.70. The number of Topliss-reactive ketones (excluding diaryl/α,β-unsaturated/α-hetero) is 1. The lowest BCUT2D eigenvalue weighted by molar-refractivity contribution is -0.145. The molecule has 0 aliphatic rings. The lowest BCUT2D eigenvalue weighted by Gasteiger charge is -2.19. The zero-order chi connectivity index (χ0) is 18.9. The number of carbonyl (C=O) groups is 3. The van der Waals surface area contributed by atoms with Crippen LogP contribution in [0.25, 0.3) is 0 Å². The molecule has 0 saturated carbocycles. The van der Waals surface area contributed by atoms with Gasteiger partial charge in [-0.05, 0) is 24.5 Å². The largest absolute Gasteiger partial charge is 0.456 e. The Labute approximate surface area is 153 Å². The maximum atomic E-state index is 12.4. The van der Waals surface area contributed by atoms with Crippen LogP contribution in [0.15, 0.2) is 60.7 Å². The van der Waals surface area contributed by atoms with Crippen molar-refractivity contribution in [3.63, 3.8) is 0 Å². The van der Waals surface area contributed by atoms with Gasteiger partial charge in [0.1, 0.15) is 6.04 Å². The molecule has 0 aromatic heterocycles. The smallest absolute Gasteiger partial charge is 0.329 e. The molecule has 0 saturated heterocycles. The normalized spacial score (nSPS) is 11.7. The van der Waals surface area contributed by atoms with Gasteiger partial charge in [0, 0.05) is 11.1 Å². The van der Waals surface area contributed by atoms with Gasteiger partial charge >= 0.3 is 5.97 Å². The summed E-state index contributed by atoms with van der Waals surface area (Å²) < 4.78 is 5.15. The van der Waals surface area contributed by atoms with Crippen LogP contribution in [-0.4, -0.2) is 30.3 Å². The van der Waals surface area contributed by atoms with Crippen molar-refractivity contribution < 1.29 is 19.1 Å². The molecule has 2 rings (SSSR count). The zero-order valence-corrected chi connectivity index (χ0v) is 15.0. The van der Waals surface area contributed by atoms with Gasteiger partial charge in [0.05, 0.1) is 0 Å². The minimum atomic E-state index is -0.800. The highest BCUT2D eigenvalue weighted by molar-refractivity contribution is 5.99. The topological polar surface area (TPSA) is 72.5 Å². The quantitative estimate of drug-likeness (QED) is 0.584. The van der Waals surface area contributed by atoms with Crippen molar-refractivity contribution in [2.45, 2.75) is 26.3 Å². The highest BCUT2D eigenvalue weighted by Gasteiger charge is 2.24. The van der Waals surface area contributed by atoms with Gasteiger partial charge in [0.15, 0.2) is 12.4 Å². The van der Waals surface area contributed by atoms with Crippen molar-refractivity contribution in [1.29, 1.82) is 0 Å². The highest BCUT2D eigenvalue weighted by Crippen LogP contribution is 2.09. The summed E-state index contributed by atoms with van der Waals surface area (Å²) in [6.45, 7) is 3.55. The Morgan fingerprint density at radius 2 is 1.42 bits per heavy atom. The molecule has 2 aromatic carbocycles. The SMILES string of the molecule is CC(C)C[C@H](NC(=O)c1ccccc1)C(=O)OCC(=O)c1ccccc1. The van der Waals surface area contributed by atoms with Crippen molar-refractivity contribution in [3.8, 4) is 0 Å². The predicted molar refractivity (Wildman–Crippen MR) is 98.9 cm³/mol. The Bertz CT molecular complexity index is 741. The molecule has 1 amide bonds. The van der Waals surface area contributed by atoms with E-state index in [1.807, 2.05) is 19.9 Å². The van der Waals surface area contributed by atoms with Gasteiger partial charge in [-0.1, -0.05) is 62.4 Å². The molecule has 1 atom stereocenters. The molecule has 0 aliphatic carbocycles. The Morgan fingerprint density at radius 1 is 0.885 bits per heavy atom. The molecule has 1 N–H and O–H groups in total. The Morgan fingerprint density at radius 3 is 1.96 bits per heavy atom. The maximum Gasteiger partial charge on any atom is 0.329 e. The molecule has 136 valence electrons. The van der Waals surface area contributed by atoms with Crippen LogP contribution in [0.1, 0.15) is 41.0 Å². The summed E-state index contributed by atoms with van der Waals surface area (Å²) in [4.78, 5) is 36.8. The minimum Gasteiger partial charge on any atom is -0.456 e. The van der Waals surface area contributed by atoms with Gasteiger partial charge in [-0.15, -0.1) is 0 Å². The Hall–Kier alpha value is -2.95. The summed E-state index contributed by atoms with van der Waals surface area (Å²) in [5.41, 5.74) is 0.948. The summed E-state index contributed by atoms with van der Waals surface area (Å²) in [6.07, 6.45) is 0.428. The van der Waals surface area contributed by atoms with Crippen LogP contribution in [0, 0.1) is 5.92 Å². The molecular weight excluding hydrogens is 330 g/mol. The van der Waals surface area contributed by atoms with Gasteiger partial charge in [0.2, 0.25) is 0 Å².